The number of pyridine rings is 3. The number of aldehydes is 1. The molecule has 8 N–H and O–H groups in total. The van der Waals surface area contributed by atoms with Gasteiger partial charge < -0.3 is 65.9 Å². The number of Topliss-reactive ketones (excluding diaryl/α,β-unsaturated/α-hetero) is 1. The van der Waals surface area contributed by atoms with E-state index in [2.05, 4.69) is 65.5 Å². The van der Waals surface area contributed by atoms with Crippen molar-refractivity contribution in [2.75, 3.05) is 16.0 Å². The van der Waals surface area contributed by atoms with Crippen molar-refractivity contribution >= 4 is 95.9 Å². The summed E-state index contributed by atoms with van der Waals surface area (Å²) in [6.07, 6.45) is -3.50. The number of carboxylic acid groups (broad SMARTS) is 1. The van der Waals surface area contributed by atoms with Gasteiger partial charge in [0.05, 0.1) is 67.4 Å². The number of alkyl halides is 9. The summed E-state index contributed by atoms with van der Waals surface area (Å²) < 4.78 is 163. The number of ether oxygens (including phenoxy) is 3. The van der Waals surface area contributed by atoms with Crippen LogP contribution in [0.5, 0.6) is 34.5 Å². The van der Waals surface area contributed by atoms with E-state index >= 15 is 0 Å². The van der Waals surface area contributed by atoms with Crippen molar-refractivity contribution < 1.29 is 188 Å². The van der Waals surface area contributed by atoms with Crippen LogP contribution in [-0.4, -0.2) is 91.0 Å². The Kier molecular flexibility index (Phi) is 42.1. The molecular formula is C78H66Cl4F9N12Na2O16P. The monoisotopic (exact) mass is 1810 g/mol. The number of carbonyl (C=O) groups excluding carboxylic acids is 5. The number of anilines is 3. The summed E-state index contributed by atoms with van der Waals surface area (Å²) in [6.45, 7) is 1.43. The number of benzene rings is 6. The normalized spacial score (nSPS) is 10.7. The van der Waals surface area contributed by atoms with Gasteiger partial charge in [0, 0.05) is 84.7 Å². The van der Waals surface area contributed by atoms with Gasteiger partial charge in [0.2, 0.25) is 17.7 Å². The summed E-state index contributed by atoms with van der Waals surface area (Å²) in [5, 5.41) is 22.2. The van der Waals surface area contributed by atoms with Gasteiger partial charge in [0.1, 0.15) is 63.0 Å². The van der Waals surface area contributed by atoms with Crippen molar-refractivity contribution in [1.82, 2.24) is 44.9 Å². The van der Waals surface area contributed by atoms with Gasteiger partial charge in [-0.2, -0.15) is 39.5 Å². The molecule has 28 nitrogen and oxygen atoms in total. The summed E-state index contributed by atoms with van der Waals surface area (Å²) in [6, 6.07) is 40.6. The maximum absolute atomic E-state index is 13.0. The smallest absolute Gasteiger partial charge is 1.00 e. The van der Waals surface area contributed by atoms with Gasteiger partial charge in [-0.25, -0.2) is 25.0 Å². The molecule has 632 valence electrons. The summed E-state index contributed by atoms with van der Waals surface area (Å²) in [5.41, 5.74) is 1.34. The standard InChI is InChI=1S/C26H20ClF3N4O3.C25H18ClF3N4O4.C25H18ClF3N4O3.2CH4.ClO2.2Na.HO4P.H/c1-15(35)23-14-32-25(34-23)22-13-19(9-10-31-22)37-18-4-2-3-16(11-18)5-8-24(36)33-17-6-7-21(27)20(12-17)26(28,29)30;26-19-6-5-15(11-18(19)25(27,28)29)32-22(34)7-4-14-2-1-3-16(10-14)37-17-8-9-30-20(12-17)23-31-13-21(33-23)24(35)36;26-21-6-5-16(11-20(21)25(27,28)29)32-23(35)7-4-15-2-1-3-18(10-15)36-19-8-9-30-22(12-19)24-31-13-17(14-34)33-24;;;2-1-3;;;1-4-5(2)3;/h2-4,6-7,9-14H,5,8H2,1H3,(H,32,34)(H,33,36);1-3,5-6,8-13H,4,7H2,(H,31,33)(H,32,34)(H,35,36);1-3,5-6,8-14H,4,7H2,(H,31,33)(H,32,35);2*1H4;;;;1H;/q;;;;;-1;2*+1;;-1. The molecule has 0 saturated carbocycles. The fourth-order valence-corrected chi connectivity index (χ4v) is 10.8. The molecule has 0 spiro atoms. The van der Waals surface area contributed by atoms with Gasteiger partial charge in [0.15, 0.2) is 29.5 Å². The quantitative estimate of drug-likeness (QED) is 0.00501. The third-order valence-electron chi connectivity index (χ3n) is 15.5. The van der Waals surface area contributed by atoms with E-state index in [9.17, 15) is 68.3 Å². The van der Waals surface area contributed by atoms with Crippen LogP contribution < -0.4 is 103 Å². The first-order chi connectivity index (χ1) is 56.1. The number of aromatic amines is 3. The van der Waals surface area contributed by atoms with Crippen molar-refractivity contribution in [3.05, 3.63) is 267 Å². The maximum atomic E-state index is 13.0. The van der Waals surface area contributed by atoms with E-state index in [1.54, 1.807) is 109 Å². The summed E-state index contributed by atoms with van der Waals surface area (Å²) in [5.74, 6) is 1.42. The van der Waals surface area contributed by atoms with Gasteiger partial charge in [-0.15, -0.1) is 0 Å². The molecule has 0 bridgehead atoms. The number of H-pyrrole nitrogens is 3. The van der Waals surface area contributed by atoms with E-state index in [-0.39, 0.29) is 129 Å². The van der Waals surface area contributed by atoms with Crippen LogP contribution in [0.2, 0.25) is 15.1 Å². The first-order valence-electron chi connectivity index (χ1n) is 33.5. The third-order valence-corrected chi connectivity index (χ3v) is 16.6. The SMILES string of the molecule is C.C.CC(=O)c1cnc(-c2cc(Oc3cccc(CCC(=O)Nc4ccc(Cl)c(C(F)(F)F)c4)c3)ccn2)[nH]1.O=C(CCc1cccc(Oc2ccnc(-c3ncc(C(=O)O)[nH]3)c2)c1)Nc1ccc(Cl)c(C(F)(F)F)c1.O=Cc1cnc(-c2cc(Oc3cccc(CCC(=O)Nc4ccc(Cl)c(C(F)(F)F)c4)c3)ccn2)[nH]1.O=[P+]([O-])OO.[H-].[Na+].[Na+].[O-][Cl+][O-]. The predicted octanol–water partition coefficient (Wildman–Crippen LogP) is 11.7. The molecule has 122 heavy (non-hydrogen) atoms. The Bertz CT molecular complexity index is 5340. The van der Waals surface area contributed by atoms with Crippen molar-refractivity contribution in [3.8, 4) is 69.1 Å². The summed E-state index contributed by atoms with van der Waals surface area (Å²) >= 11 is 16.4. The first-order valence-corrected chi connectivity index (χ1v) is 36.3. The van der Waals surface area contributed by atoms with Crippen LogP contribution in [0.25, 0.3) is 34.6 Å². The Morgan fingerprint density at radius 1 is 0.484 bits per heavy atom. The Hall–Kier alpha value is -10.6. The largest absolute Gasteiger partial charge is 1.00 e. The number of amides is 3. The van der Waals surface area contributed by atoms with Crippen LogP contribution in [0.1, 0.15) is 107 Å². The van der Waals surface area contributed by atoms with Crippen molar-refractivity contribution in [3.63, 3.8) is 0 Å². The number of hydrogen-bond acceptors (Lipinski definition) is 21. The molecule has 6 aromatic heterocycles. The molecule has 1 atom stereocenters. The van der Waals surface area contributed by atoms with Gasteiger partial charge in [0.25, 0.3) is 0 Å². The minimum Gasteiger partial charge on any atom is -1.00 e. The zero-order valence-electron chi connectivity index (χ0n) is 63.0. The van der Waals surface area contributed by atoms with Gasteiger partial charge >= 0.3 is 91.9 Å². The second kappa shape index (κ2) is 49.5. The average molecular weight is 1820 g/mol. The van der Waals surface area contributed by atoms with Crippen LogP contribution >= 0.6 is 43.1 Å². The van der Waals surface area contributed by atoms with E-state index in [1.165, 1.54) is 49.9 Å². The second-order valence-electron chi connectivity index (χ2n) is 23.9. The molecule has 0 aliphatic carbocycles. The number of rotatable bonds is 25. The van der Waals surface area contributed by atoms with E-state index in [0.717, 1.165) is 53.1 Å². The van der Waals surface area contributed by atoms with Crippen LogP contribution in [0.15, 0.2) is 201 Å². The topological polar surface area (TPSA) is 427 Å². The Morgan fingerprint density at radius 2 is 0.779 bits per heavy atom. The number of aromatic carboxylic acids is 1. The number of carboxylic acids is 1. The molecule has 0 aliphatic heterocycles. The number of nitrogens with zero attached hydrogens (tertiary/aromatic N) is 6. The van der Waals surface area contributed by atoms with E-state index in [1.807, 2.05) is 12.1 Å². The molecule has 0 radical (unpaired) electrons. The number of nitrogens with one attached hydrogen (secondary N) is 6. The van der Waals surface area contributed by atoms with Crippen molar-refractivity contribution in [2.24, 2.45) is 0 Å². The number of aryl methyl sites for hydroxylation is 3. The molecule has 3 amide bonds. The number of halogens is 13. The van der Waals surface area contributed by atoms with Crippen molar-refractivity contribution in [2.45, 2.75) is 78.8 Å². The number of aromatic nitrogens is 9. The third kappa shape index (κ3) is 33.4. The van der Waals surface area contributed by atoms with Crippen LogP contribution in [-0.2, 0) is 61.4 Å². The van der Waals surface area contributed by atoms with E-state index in [4.69, 9.17) is 78.2 Å². The minimum absolute atomic E-state index is 0. The van der Waals surface area contributed by atoms with E-state index in [0.29, 0.717) is 100 Å². The minimum atomic E-state index is -4.63. The van der Waals surface area contributed by atoms with E-state index < -0.39 is 93.6 Å². The molecule has 1 unspecified atom stereocenters. The van der Waals surface area contributed by atoms with Gasteiger partial charge in [-0.1, -0.05) is 86.1 Å². The predicted molar refractivity (Wildman–Crippen MR) is 413 cm³/mol. The number of ketones is 1. The van der Waals surface area contributed by atoms with Crippen LogP contribution in [0.3, 0.4) is 0 Å². The van der Waals surface area contributed by atoms with Crippen LogP contribution in [0, 0.1) is 11.3 Å². The Morgan fingerprint density at radius 3 is 1.05 bits per heavy atom. The number of carbonyl (C=O) groups is 6. The summed E-state index contributed by atoms with van der Waals surface area (Å²) in [7, 11) is -3.04. The maximum Gasteiger partial charge on any atom is 1.00 e. The summed E-state index contributed by atoms with van der Waals surface area (Å²) in [4.78, 5) is 113. The molecule has 12 rings (SSSR count). The molecule has 12 aromatic rings. The molecule has 6 aromatic carbocycles. The average Bonchev–Trinajstić information content (AvgIpc) is 1.80. The molecule has 0 saturated heterocycles. The molecule has 6 heterocycles. The van der Waals surface area contributed by atoms with Crippen LogP contribution in [0.4, 0.5) is 56.6 Å². The molecule has 0 fully saturated rings. The Balaban J connectivity index is 0.000000447. The fraction of sp³-hybridized carbons (Fsp3) is 0.154. The van der Waals surface area contributed by atoms with Gasteiger partial charge in [-0.3, -0.25) is 38.9 Å². The first kappa shape index (κ1) is 104. The number of hydrogen-bond donors (Lipinski definition) is 8. The Labute approximate surface area is 753 Å². The molecule has 44 heteroatoms. The zero-order valence-corrected chi connectivity index (χ0v) is 69.9. The van der Waals surface area contributed by atoms with Crippen molar-refractivity contribution in [1.29, 1.82) is 0 Å². The molecule has 0 aliphatic rings. The fourth-order valence-electron chi connectivity index (χ4n) is 10.1. The second-order valence-corrected chi connectivity index (χ2v) is 25.9. The molecular weight excluding hydrogens is 1750 g/mol. The number of imidazole rings is 3. The van der Waals surface area contributed by atoms with Gasteiger partial charge in [-0.05, 0) is 150 Å². The zero-order chi connectivity index (χ0) is 85.9.